The minimum absolute atomic E-state index is 0.350. The van der Waals surface area contributed by atoms with Crippen LogP contribution in [0.4, 0.5) is 0 Å². The van der Waals surface area contributed by atoms with Gasteiger partial charge in [-0.15, -0.1) is 0 Å². The number of pyridine rings is 1. The number of aryl methyl sites for hydroxylation is 2. The molecule has 1 heterocycles. The minimum Gasteiger partial charge on any atom is -0.318 e. The predicted octanol–water partition coefficient (Wildman–Crippen LogP) is 2.54. The lowest BCUT2D eigenvalue weighted by molar-refractivity contribution is 0.532. The van der Waals surface area contributed by atoms with E-state index in [0.29, 0.717) is 0 Å². The van der Waals surface area contributed by atoms with Gasteiger partial charge in [-0.05, 0) is 42.5 Å². The van der Waals surface area contributed by atoms with Crippen LogP contribution in [-0.4, -0.2) is 4.98 Å². The van der Waals surface area contributed by atoms with E-state index in [1.807, 2.05) is 19.2 Å². The van der Waals surface area contributed by atoms with Crippen molar-refractivity contribution in [2.45, 2.75) is 25.3 Å². The quantitative estimate of drug-likeness (QED) is 0.808. The van der Waals surface area contributed by atoms with Crippen LogP contribution in [0.2, 0.25) is 0 Å². The van der Waals surface area contributed by atoms with Gasteiger partial charge in [0, 0.05) is 11.9 Å². The third kappa shape index (κ3) is 1.56. The molecule has 0 spiro atoms. The molecule has 2 nitrogen and oxygen atoms in total. The van der Waals surface area contributed by atoms with Crippen molar-refractivity contribution in [1.29, 1.82) is 0 Å². The number of rotatable bonds is 1. The van der Waals surface area contributed by atoms with Crippen LogP contribution in [0.15, 0.2) is 42.6 Å². The van der Waals surface area contributed by atoms with Gasteiger partial charge in [0.15, 0.2) is 0 Å². The van der Waals surface area contributed by atoms with Crippen LogP contribution >= 0.6 is 0 Å². The first-order chi connectivity index (χ1) is 8.20. The topological polar surface area (TPSA) is 38.9 Å². The number of nitrogens with two attached hydrogens (primary N) is 1. The summed E-state index contributed by atoms with van der Waals surface area (Å²) < 4.78 is 0. The van der Waals surface area contributed by atoms with Crippen LogP contribution < -0.4 is 5.73 Å². The molecule has 17 heavy (non-hydrogen) atoms. The first-order valence-corrected chi connectivity index (χ1v) is 6.00. The number of hydrogen-bond donors (Lipinski definition) is 1. The van der Waals surface area contributed by atoms with Gasteiger partial charge in [-0.1, -0.05) is 30.3 Å². The van der Waals surface area contributed by atoms with Crippen molar-refractivity contribution in [3.8, 4) is 0 Å². The number of hydrogen-bond acceptors (Lipinski definition) is 2. The van der Waals surface area contributed by atoms with Gasteiger partial charge in [0.1, 0.15) is 0 Å². The van der Waals surface area contributed by atoms with Crippen LogP contribution in [0.1, 0.15) is 28.8 Å². The summed E-state index contributed by atoms with van der Waals surface area (Å²) in [4.78, 5) is 4.36. The highest BCUT2D eigenvalue weighted by molar-refractivity contribution is 5.46. The molecule has 86 valence electrons. The molecule has 2 aromatic rings. The van der Waals surface area contributed by atoms with E-state index in [9.17, 15) is 0 Å². The summed E-state index contributed by atoms with van der Waals surface area (Å²) in [5, 5.41) is 0. The lowest BCUT2D eigenvalue weighted by atomic mass is 9.86. The van der Waals surface area contributed by atoms with Gasteiger partial charge in [0.05, 0.1) is 5.54 Å². The normalized spacial score (nSPS) is 22.5. The van der Waals surface area contributed by atoms with Crippen LogP contribution in [0.5, 0.6) is 0 Å². The van der Waals surface area contributed by atoms with Crippen molar-refractivity contribution < 1.29 is 0 Å². The molecule has 0 saturated carbocycles. The Morgan fingerprint density at radius 2 is 2.00 bits per heavy atom. The molecule has 1 aromatic carbocycles. The lowest BCUT2D eigenvalue weighted by Crippen LogP contribution is -2.35. The van der Waals surface area contributed by atoms with Crippen molar-refractivity contribution in [2.75, 3.05) is 0 Å². The average Bonchev–Trinajstić information content (AvgIpc) is 2.70. The standard InChI is InChI=1S/C15H16N2/c1-11-6-7-13(10-17-11)15(16)9-8-12-4-2-3-5-14(12)15/h2-7,10H,8-9,16H2,1H3. The van der Waals surface area contributed by atoms with E-state index in [1.165, 1.54) is 11.1 Å². The Kier molecular flexibility index (Phi) is 2.26. The molecular weight excluding hydrogens is 208 g/mol. The summed E-state index contributed by atoms with van der Waals surface area (Å²) in [7, 11) is 0. The van der Waals surface area contributed by atoms with Gasteiger partial charge in [-0.2, -0.15) is 0 Å². The molecule has 0 saturated heterocycles. The van der Waals surface area contributed by atoms with Crippen LogP contribution in [0.25, 0.3) is 0 Å². The first kappa shape index (κ1) is 10.5. The van der Waals surface area contributed by atoms with Crippen molar-refractivity contribution in [1.82, 2.24) is 4.98 Å². The van der Waals surface area contributed by atoms with Crippen LogP contribution in [0, 0.1) is 6.92 Å². The zero-order valence-corrected chi connectivity index (χ0v) is 9.98. The highest BCUT2D eigenvalue weighted by Crippen LogP contribution is 2.39. The van der Waals surface area contributed by atoms with E-state index in [-0.39, 0.29) is 5.54 Å². The Bertz CT molecular complexity index is 545. The Morgan fingerprint density at radius 1 is 1.18 bits per heavy atom. The Morgan fingerprint density at radius 3 is 2.76 bits per heavy atom. The molecule has 1 aromatic heterocycles. The third-order valence-corrected chi connectivity index (χ3v) is 3.71. The molecule has 0 bridgehead atoms. The molecule has 0 amide bonds. The van der Waals surface area contributed by atoms with Gasteiger partial charge in [0.2, 0.25) is 0 Å². The summed E-state index contributed by atoms with van der Waals surface area (Å²) in [6.45, 7) is 2.00. The highest BCUT2D eigenvalue weighted by Gasteiger charge is 2.36. The fourth-order valence-corrected chi connectivity index (χ4v) is 2.67. The van der Waals surface area contributed by atoms with Gasteiger partial charge in [-0.3, -0.25) is 4.98 Å². The Balaban J connectivity index is 2.12. The second-order valence-electron chi connectivity index (χ2n) is 4.82. The molecule has 2 heteroatoms. The predicted molar refractivity (Wildman–Crippen MR) is 68.7 cm³/mol. The van der Waals surface area contributed by atoms with Crippen molar-refractivity contribution in [2.24, 2.45) is 5.73 Å². The Labute approximate surface area is 102 Å². The average molecular weight is 224 g/mol. The zero-order valence-electron chi connectivity index (χ0n) is 9.98. The maximum Gasteiger partial charge on any atom is 0.0686 e. The van der Waals surface area contributed by atoms with E-state index in [0.717, 1.165) is 24.1 Å². The summed E-state index contributed by atoms with van der Waals surface area (Å²) in [5.41, 5.74) is 11.0. The Hall–Kier alpha value is -1.67. The van der Waals surface area contributed by atoms with Crippen LogP contribution in [0.3, 0.4) is 0 Å². The summed E-state index contributed by atoms with van der Waals surface area (Å²) in [6, 6.07) is 12.6. The molecule has 0 fully saturated rings. The van der Waals surface area contributed by atoms with Gasteiger partial charge < -0.3 is 5.73 Å². The van der Waals surface area contributed by atoms with Gasteiger partial charge >= 0.3 is 0 Å². The molecular formula is C15H16N2. The number of aromatic nitrogens is 1. The van der Waals surface area contributed by atoms with E-state index in [2.05, 4.69) is 35.3 Å². The van der Waals surface area contributed by atoms with Crippen molar-refractivity contribution in [3.05, 3.63) is 65.0 Å². The van der Waals surface area contributed by atoms with E-state index >= 15 is 0 Å². The van der Waals surface area contributed by atoms with Crippen LogP contribution in [-0.2, 0) is 12.0 Å². The molecule has 1 aliphatic carbocycles. The van der Waals surface area contributed by atoms with Crippen molar-refractivity contribution in [3.63, 3.8) is 0 Å². The van der Waals surface area contributed by atoms with Gasteiger partial charge in [-0.25, -0.2) is 0 Å². The molecule has 1 atom stereocenters. The molecule has 1 unspecified atom stereocenters. The largest absolute Gasteiger partial charge is 0.318 e. The number of benzene rings is 1. The number of fused-ring (bicyclic) bond motifs is 1. The third-order valence-electron chi connectivity index (χ3n) is 3.71. The van der Waals surface area contributed by atoms with E-state index in [4.69, 9.17) is 5.73 Å². The van der Waals surface area contributed by atoms with Crippen molar-refractivity contribution >= 4 is 0 Å². The SMILES string of the molecule is Cc1ccc(C2(N)CCc3ccccc32)cn1. The second-order valence-corrected chi connectivity index (χ2v) is 4.82. The fourth-order valence-electron chi connectivity index (χ4n) is 2.67. The molecule has 3 rings (SSSR count). The molecule has 0 aliphatic heterocycles. The highest BCUT2D eigenvalue weighted by atomic mass is 14.8. The molecule has 0 radical (unpaired) electrons. The summed E-state index contributed by atoms with van der Waals surface area (Å²) in [5.74, 6) is 0. The molecule has 2 N–H and O–H groups in total. The monoisotopic (exact) mass is 224 g/mol. The summed E-state index contributed by atoms with van der Waals surface area (Å²) >= 11 is 0. The fraction of sp³-hybridized carbons (Fsp3) is 0.267. The maximum atomic E-state index is 6.60. The zero-order chi connectivity index (χ0) is 11.9. The lowest BCUT2D eigenvalue weighted by Gasteiger charge is -2.25. The summed E-state index contributed by atoms with van der Waals surface area (Å²) in [6.07, 6.45) is 3.94. The maximum absolute atomic E-state index is 6.60. The van der Waals surface area contributed by atoms with E-state index < -0.39 is 0 Å². The van der Waals surface area contributed by atoms with E-state index in [1.54, 1.807) is 0 Å². The second kappa shape index (κ2) is 3.67. The smallest absolute Gasteiger partial charge is 0.0686 e. The first-order valence-electron chi connectivity index (χ1n) is 6.00. The minimum atomic E-state index is -0.350. The van der Waals surface area contributed by atoms with Gasteiger partial charge in [0.25, 0.3) is 0 Å². The number of nitrogens with zero attached hydrogens (tertiary/aromatic N) is 1. The molecule has 1 aliphatic rings.